The lowest BCUT2D eigenvalue weighted by molar-refractivity contribution is 0.0462. The molecule has 6 heteroatoms. The minimum Gasteiger partial charge on any atom is -0.462 e. The van der Waals surface area contributed by atoms with E-state index in [1.54, 1.807) is 0 Å². The maximum atomic E-state index is 12.8. The third-order valence-corrected chi connectivity index (χ3v) is 4.53. The number of nitrogen functional groups attached to an aromatic ring is 1. The Balaban J connectivity index is 1.90. The number of rotatable bonds is 5. The van der Waals surface area contributed by atoms with E-state index in [0.717, 1.165) is 11.1 Å². The van der Waals surface area contributed by atoms with Gasteiger partial charge in [0.05, 0.1) is 24.2 Å². The van der Waals surface area contributed by atoms with Gasteiger partial charge in [0.25, 0.3) is 0 Å². The summed E-state index contributed by atoms with van der Waals surface area (Å²) < 4.78 is 7.28. The smallest absolute Gasteiger partial charge is 0.344 e. The van der Waals surface area contributed by atoms with Crippen LogP contribution >= 0.6 is 0 Å². The number of hydrogen-bond donors (Lipinski definition) is 1. The molecule has 0 aliphatic carbocycles. The number of benzene rings is 2. The summed E-state index contributed by atoms with van der Waals surface area (Å²) in [6.45, 7) is 4.80. The van der Waals surface area contributed by atoms with Crippen LogP contribution in [-0.4, -0.2) is 27.1 Å². The number of anilines is 1. The van der Waals surface area contributed by atoms with Gasteiger partial charge in [0.2, 0.25) is 0 Å². The third-order valence-electron chi connectivity index (χ3n) is 4.53. The van der Waals surface area contributed by atoms with E-state index in [1.807, 2.05) is 73.0 Å². The van der Waals surface area contributed by atoms with Gasteiger partial charge in [-0.15, -0.1) is 0 Å². The Kier molecular flexibility index (Phi) is 4.69. The Morgan fingerprint density at radius 1 is 1.04 bits per heavy atom. The molecule has 0 atom stereocenters. The fourth-order valence-electron chi connectivity index (χ4n) is 3.16. The van der Waals surface area contributed by atoms with Crippen molar-refractivity contribution in [1.29, 1.82) is 0 Å². The minimum absolute atomic E-state index is 0.231. The number of nitrogens with two attached hydrogens (primary N) is 1. The van der Waals surface area contributed by atoms with Crippen molar-refractivity contribution in [3.63, 3.8) is 0 Å². The second kappa shape index (κ2) is 7.31. The maximum Gasteiger partial charge on any atom is 0.344 e. The molecule has 0 radical (unpaired) electrons. The molecule has 2 heterocycles. The van der Waals surface area contributed by atoms with Gasteiger partial charge in [-0.25, -0.2) is 14.8 Å². The van der Waals surface area contributed by atoms with Crippen LogP contribution < -0.4 is 5.73 Å². The molecular formula is C22H22N4O2. The molecule has 142 valence electrons. The standard InChI is InChI=1S/C22H22N4O2/c1-14(2)13-28-22(27)18-19-21(25-17-11-7-6-10-16(17)24-19)26(20(18)23)12-15-8-4-3-5-9-15/h3-11,14H,12-13,23H2,1-2H3. The number of carbonyl (C=O) groups excluding carboxylic acids is 1. The molecule has 0 spiro atoms. The van der Waals surface area contributed by atoms with Gasteiger partial charge < -0.3 is 15.0 Å². The Labute approximate surface area is 163 Å². The van der Waals surface area contributed by atoms with Crippen LogP contribution in [0.1, 0.15) is 29.8 Å². The summed E-state index contributed by atoms with van der Waals surface area (Å²) in [6, 6.07) is 17.5. The zero-order chi connectivity index (χ0) is 19.7. The average Bonchev–Trinajstić information content (AvgIpc) is 2.96. The molecule has 0 unspecified atom stereocenters. The number of hydrogen-bond acceptors (Lipinski definition) is 5. The Hall–Kier alpha value is -3.41. The van der Waals surface area contributed by atoms with E-state index < -0.39 is 5.97 Å². The molecule has 0 saturated heterocycles. The molecule has 0 aliphatic heterocycles. The fourth-order valence-corrected chi connectivity index (χ4v) is 3.16. The van der Waals surface area contributed by atoms with E-state index in [4.69, 9.17) is 15.5 Å². The van der Waals surface area contributed by atoms with E-state index in [-0.39, 0.29) is 11.5 Å². The normalized spacial score (nSPS) is 11.4. The van der Waals surface area contributed by atoms with Gasteiger partial charge in [-0.2, -0.15) is 0 Å². The molecule has 0 aliphatic rings. The van der Waals surface area contributed by atoms with E-state index in [0.29, 0.717) is 35.7 Å². The molecule has 6 nitrogen and oxygen atoms in total. The Morgan fingerprint density at radius 2 is 1.68 bits per heavy atom. The molecule has 0 saturated carbocycles. The lowest BCUT2D eigenvalue weighted by Gasteiger charge is -2.09. The van der Waals surface area contributed by atoms with E-state index in [2.05, 4.69) is 4.98 Å². The summed E-state index contributed by atoms with van der Waals surface area (Å²) in [4.78, 5) is 22.2. The number of fused-ring (bicyclic) bond motifs is 2. The van der Waals surface area contributed by atoms with E-state index >= 15 is 0 Å². The molecular weight excluding hydrogens is 352 g/mol. The molecule has 0 amide bonds. The molecule has 4 rings (SSSR count). The van der Waals surface area contributed by atoms with Gasteiger partial charge in [0.15, 0.2) is 5.65 Å². The third kappa shape index (κ3) is 3.29. The number of ether oxygens (including phenoxy) is 1. The highest BCUT2D eigenvalue weighted by Gasteiger charge is 2.25. The topological polar surface area (TPSA) is 83.0 Å². The molecule has 0 fully saturated rings. The van der Waals surface area contributed by atoms with Gasteiger partial charge in [0, 0.05) is 0 Å². The molecule has 0 bridgehead atoms. The van der Waals surface area contributed by atoms with Crippen LogP contribution in [0.5, 0.6) is 0 Å². The van der Waals surface area contributed by atoms with Crippen molar-refractivity contribution in [2.45, 2.75) is 20.4 Å². The Bertz CT molecular complexity index is 1150. The second-order valence-electron chi connectivity index (χ2n) is 7.21. The first-order valence-electron chi connectivity index (χ1n) is 9.30. The summed E-state index contributed by atoms with van der Waals surface area (Å²) in [5.74, 6) is 0.0882. The number of aromatic nitrogens is 3. The molecule has 28 heavy (non-hydrogen) atoms. The lowest BCUT2D eigenvalue weighted by Crippen LogP contribution is -2.13. The fraction of sp³-hybridized carbons (Fsp3) is 0.227. The van der Waals surface area contributed by atoms with Crippen LogP contribution in [-0.2, 0) is 11.3 Å². The van der Waals surface area contributed by atoms with Crippen LogP contribution in [0.3, 0.4) is 0 Å². The first-order valence-corrected chi connectivity index (χ1v) is 9.30. The van der Waals surface area contributed by atoms with Gasteiger partial charge in [0.1, 0.15) is 16.9 Å². The number of carbonyl (C=O) groups is 1. The predicted molar refractivity (Wildman–Crippen MR) is 110 cm³/mol. The van der Waals surface area contributed by atoms with Crippen LogP contribution in [0.15, 0.2) is 54.6 Å². The maximum absolute atomic E-state index is 12.8. The van der Waals surface area contributed by atoms with Crippen molar-refractivity contribution in [3.8, 4) is 0 Å². The first kappa shape index (κ1) is 18.0. The van der Waals surface area contributed by atoms with E-state index in [1.165, 1.54) is 0 Å². The SMILES string of the molecule is CC(C)COC(=O)c1c(N)n(Cc2ccccc2)c2nc3ccccc3nc12. The largest absolute Gasteiger partial charge is 0.462 e. The number of nitrogens with zero attached hydrogens (tertiary/aromatic N) is 3. The average molecular weight is 374 g/mol. The molecule has 2 aromatic carbocycles. The van der Waals surface area contributed by atoms with E-state index in [9.17, 15) is 4.79 Å². The highest BCUT2D eigenvalue weighted by Crippen LogP contribution is 2.29. The van der Waals surface area contributed by atoms with Crippen LogP contribution in [0.25, 0.3) is 22.2 Å². The number of esters is 1. The van der Waals surface area contributed by atoms with Crippen molar-refractivity contribution in [3.05, 3.63) is 65.7 Å². The van der Waals surface area contributed by atoms with Crippen molar-refractivity contribution in [2.75, 3.05) is 12.3 Å². The summed E-state index contributed by atoms with van der Waals surface area (Å²) in [5.41, 5.74) is 10.3. The van der Waals surface area contributed by atoms with Gasteiger partial charge in [-0.3, -0.25) is 0 Å². The van der Waals surface area contributed by atoms with Crippen molar-refractivity contribution in [1.82, 2.24) is 14.5 Å². The van der Waals surface area contributed by atoms with Crippen molar-refractivity contribution in [2.24, 2.45) is 5.92 Å². The summed E-state index contributed by atoms with van der Waals surface area (Å²) in [6.07, 6.45) is 0. The van der Waals surface area contributed by atoms with Gasteiger partial charge in [-0.05, 0) is 23.6 Å². The van der Waals surface area contributed by atoms with Gasteiger partial charge in [-0.1, -0.05) is 56.3 Å². The molecule has 2 aromatic heterocycles. The minimum atomic E-state index is -0.465. The number of para-hydroxylation sites is 2. The predicted octanol–water partition coefficient (Wildman–Crippen LogP) is 4.03. The zero-order valence-electron chi connectivity index (χ0n) is 15.9. The Morgan fingerprint density at radius 3 is 2.36 bits per heavy atom. The van der Waals surface area contributed by atoms with Crippen LogP contribution in [0, 0.1) is 5.92 Å². The van der Waals surface area contributed by atoms with Gasteiger partial charge >= 0.3 is 5.97 Å². The zero-order valence-corrected chi connectivity index (χ0v) is 15.9. The van der Waals surface area contributed by atoms with Crippen molar-refractivity contribution < 1.29 is 9.53 Å². The molecule has 4 aromatic rings. The highest BCUT2D eigenvalue weighted by atomic mass is 16.5. The first-order chi connectivity index (χ1) is 13.5. The monoisotopic (exact) mass is 374 g/mol. The lowest BCUT2D eigenvalue weighted by atomic mass is 10.2. The van der Waals surface area contributed by atoms with Crippen molar-refractivity contribution >= 4 is 34.0 Å². The second-order valence-corrected chi connectivity index (χ2v) is 7.21. The quantitative estimate of drug-likeness (QED) is 0.533. The molecule has 2 N–H and O–H groups in total. The van der Waals surface area contributed by atoms with Crippen LogP contribution in [0.2, 0.25) is 0 Å². The summed E-state index contributed by atoms with van der Waals surface area (Å²) in [7, 11) is 0. The highest BCUT2D eigenvalue weighted by molar-refractivity contribution is 6.08. The summed E-state index contributed by atoms with van der Waals surface area (Å²) >= 11 is 0. The van der Waals surface area contributed by atoms with Crippen LogP contribution in [0.4, 0.5) is 5.82 Å². The summed E-state index contributed by atoms with van der Waals surface area (Å²) in [5, 5.41) is 0.